The number of aromatic nitrogens is 1. The van der Waals surface area contributed by atoms with Crippen LogP contribution in [-0.2, 0) is 19.6 Å². The van der Waals surface area contributed by atoms with Gasteiger partial charge in [0, 0.05) is 11.9 Å². The van der Waals surface area contributed by atoms with Crippen LogP contribution in [0.2, 0.25) is 0 Å². The summed E-state index contributed by atoms with van der Waals surface area (Å²) in [6.07, 6.45) is 1.47. The number of sulfonamides is 1. The van der Waals surface area contributed by atoms with Crippen LogP contribution >= 0.6 is 11.6 Å². The van der Waals surface area contributed by atoms with Crippen molar-refractivity contribution in [3.8, 4) is 11.5 Å². The minimum absolute atomic E-state index is 0.0120. The van der Waals surface area contributed by atoms with Crippen LogP contribution in [0.1, 0.15) is 0 Å². The summed E-state index contributed by atoms with van der Waals surface area (Å²) in [5.41, 5.74) is 0.561. The maximum atomic E-state index is 13.1. The largest absolute Gasteiger partial charge is 0.457 e. The van der Waals surface area contributed by atoms with Crippen molar-refractivity contribution < 1.29 is 22.7 Å². The lowest BCUT2D eigenvalue weighted by molar-refractivity contribution is -0.120. The first-order valence-corrected chi connectivity index (χ1v) is 13.1. The number of pyridine rings is 1. The number of carbonyl (C=O) groups excluding carboxylic acids is 2. The monoisotopic (exact) mass is 546 g/mol. The number of nitrogens with zero attached hydrogens (tertiary/aromatic N) is 2. The predicted molar refractivity (Wildman–Crippen MR) is 143 cm³/mol. The number of halogens is 1. The fraction of sp³-hybridized carbons (Fsp3) is 0. The molecule has 190 valence electrons. The zero-order valence-corrected chi connectivity index (χ0v) is 21.1. The van der Waals surface area contributed by atoms with Crippen molar-refractivity contribution in [3.05, 3.63) is 114 Å². The average molecular weight is 547 g/mol. The molecule has 0 saturated heterocycles. The number of rotatable bonds is 8. The molecule has 5 rings (SSSR count). The molecular weight excluding hydrogens is 528 g/mol. The van der Waals surface area contributed by atoms with E-state index >= 15 is 0 Å². The van der Waals surface area contributed by atoms with Crippen LogP contribution in [0.25, 0.3) is 0 Å². The SMILES string of the molecule is O=C1C(Cl)=C(Nc2ccc(S(=O)(=O)Nc3ccccn3)cc2)C(=O)N1c1ccc(Oc2ccccc2)cc1. The number of anilines is 3. The van der Waals surface area contributed by atoms with Crippen molar-refractivity contribution in [1.29, 1.82) is 0 Å². The first-order chi connectivity index (χ1) is 18.3. The van der Waals surface area contributed by atoms with Crippen LogP contribution in [-0.4, -0.2) is 25.2 Å². The summed E-state index contributed by atoms with van der Waals surface area (Å²) < 4.78 is 33.4. The number of imide groups is 1. The fourth-order valence-electron chi connectivity index (χ4n) is 3.62. The third kappa shape index (κ3) is 5.22. The number of amides is 2. The van der Waals surface area contributed by atoms with E-state index in [2.05, 4.69) is 15.0 Å². The van der Waals surface area contributed by atoms with Crippen LogP contribution in [0.15, 0.2) is 119 Å². The Morgan fingerprint density at radius 2 is 1.42 bits per heavy atom. The quantitative estimate of drug-likeness (QED) is 0.295. The van der Waals surface area contributed by atoms with Gasteiger partial charge >= 0.3 is 0 Å². The van der Waals surface area contributed by atoms with Crippen molar-refractivity contribution in [2.45, 2.75) is 4.90 Å². The standard InChI is InChI=1S/C27H19ClN4O5S/c28-24-25(30-18-9-15-22(16-10-18)38(35,36)31-23-8-4-5-17-29-23)27(34)32(26(24)33)19-11-13-21(14-12-19)37-20-6-2-1-3-7-20/h1-17,30H,(H,29,31). The molecule has 9 nitrogen and oxygen atoms in total. The molecule has 0 saturated carbocycles. The van der Waals surface area contributed by atoms with Gasteiger partial charge in [-0.15, -0.1) is 0 Å². The molecule has 4 aromatic rings. The van der Waals surface area contributed by atoms with E-state index < -0.39 is 21.8 Å². The molecule has 0 radical (unpaired) electrons. The van der Waals surface area contributed by atoms with Gasteiger partial charge in [0.25, 0.3) is 21.8 Å². The lowest BCUT2D eigenvalue weighted by Crippen LogP contribution is -2.32. The highest BCUT2D eigenvalue weighted by Gasteiger charge is 2.39. The number of benzene rings is 3. The highest BCUT2D eigenvalue weighted by molar-refractivity contribution is 7.92. The van der Waals surface area contributed by atoms with E-state index in [1.54, 1.807) is 36.4 Å². The Morgan fingerprint density at radius 1 is 0.763 bits per heavy atom. The summed E-state index contributed by atoms with van der Waals surface area (Å²) in [4.78, 5) is 30.8. The first kappa shape index (κ1) is 25.0. The molecule has 2 N–H and O–H groups in total. The second-order valence-electron chi connectivity index (χ2n) is 8.01. The van der Waals surface area contributed by atoms with Crippen molar-refractivity contribution in [2.24, 2.45) is 0 Å². The van der Waals surface area contributed by atoms with E-state index in [4.69, 9.17) is 16.3 Å². The molecule has 0 unspecified atom stereocenters. The molecule has 2 amide bonds. The van der Waals surface area contributed by atoms with Crippen LogP contribution in [0.5, 0.6) is 11.5 Å². The molecule has 0 spiro atoms. The summed E-state index contributed by atoms with van der Waals surface area (Å²) in [7, 11) is -3.87. The van der Waals surface area contributed by atoms with Gasteiger partial charge in [-0.05, 0) is 72.8 Å². The number of carbonyl (C=O) groups is 2. The Hall–Kier alpha value is -4.67. The number of para-hydroxylation sites is 1. The first-order valence-electron chi connectivity index (χ1n) is 11.2. The molecule has 3 aromatic carbocycles. The zero-order valence-electron chi connectivity index (χ0n) is 19.5. The number of ether oxygens (including phenoxy) is 1. The molecule has 2 heterocycles. The molecule has 0 aliphatic carbocycles. The Morgan fingerprint density at radius 3 is 2.08 bits per heavy atom. The molecule has 11 heteroatoms. The molecule has 0 atom stereocenters. The molecule has 1 aliphatic rings. The van der Waals surface area contributed by atoms with Gasteiger partial charge in [-0.25, -0.2) is 18.3 Å². The lowest BCUT2D eigenvalue weighted by Gasteiger charge is -2.16. The van der Waals surface area contributed by atoms with Crippen molar-refractivity contribution in [2.75, 3.05) is 14.9 Å². The van der Waals surface area contributed by atoms with Crippen LogP contribution in [0.4, 0.5) is 17.2 Å². The summed E-state index contributed by atoms with van der Waals surface area (Å²) in [5.74, 6) is 0.0292. The predicted octanol–water partition coefficient (Wildman–Crippen LogP) is 5.11. The van der Waals surface area contributed by atoms with Crippen molar-refractivity contribution in [1.82, 2.24) is 4.98 Å². The zero-order chi connectivity index (χ0) is 26.7. The van der Waals surface area contributed by atoms with Gasteiger partial charge in [0.2, 0.25) is 0 Å². The van der Waals surface area contributed by atoms with Crippen LogP contribution in [0, 0.1) is 0 Å². The molecule has 0 fully saturated rings. The molecule has 1 aliphatic heterocycles. The minimum Gasteiger partial charge on any atom is -0.457 e. The van der Waals surface area contributed by atoms with Crippen molar-refractivity contribution >= 4 is 50.6 Å². The second-order valence-corrected chi connectivity index (χ2v) is 10.1. The molecule has 38 heavy (non-hydrogen) atoms. The Balaban J connectivity index is 1.28. The third-order valence-corrected chi connectivity index (χ3v) is 7.16. The van der Waals surface area contributed by atoms with Gasteiger partial charge in [0.1, 0.15) is 28.0 Å². The topological polar surface area (TPSA) is 118 Å². The Kier molecular flexibility index (Phi) is 6.82. The second kappa shape index (κ2) is 10.4. The summed E-state index contributed by atoms with van der Waals surface area (Å²) >= 11 is 6.22. The van der Waals surface area contributed by atoms with E-state index in [1.807, 2.05) is 30.3 Å². The number of nitrogens with one attached hydrogen (secondary N) is 2. The molecule has 1 aromatic heterocycles. The maximum absolute atomic E-state index is 13.1. The molecule has 0 bridgehead atoms. The molecular formula is C27H19ClN4O5S. The van der Waals surface area contributed by atoms with E-state index in [9.17, 15) is 18.0 Å². The fourth-order valence-corrected chi connectivity index (χ4v) is 4.84. The normalized spacial score (nSPS) is 13.6. The van der Waals surface area contributed by atoms with E-state index in [0.717, 1.165) is 4.90 Å². The summed E-state index contributed by atoms with van der Waals surface area (Å²) in [5, 5.41) is 2.54. The van der Waals surface area contributed by atoms with Gasteiger partial charge in [0.15, 0.2) is 0 Å². The van der Waals surface area contributed by atoms with Gasteiger partial charge in [-0.1, -0.05) is 35.9 Å². The number of hydrogen-bond donors (Lipinski definition) is 2. The van der Waals surface area contributed by atoms with Crippen LogP contribution in [0.3, 0.4) is 0 Å². The van der Waals surface area contributed by atoms with Crippen molar-refractivity contribution in [3.63, 3.8) is 0 Å². The third-order valence-electron chi connectivity index (χ3n) is 5.44. The van der Waals surface area contributed by atoms with Gasteiger partial charge in [-0.2, -0.15) is 0 Å². The Labute approximate surface area is 223 Å². The highest BCUT2D eigenvalue weighted by Crippen LogP contribution is 2.32. The lowest BCUT2D eigenvalue weighted by atomic mass is 10.2. The van der Waals surface area contributed by atoms with E-state index in [0.29, 0.717) is 22.9 Å². The van der Waals surface area contributed by atoms with Gasteiger partial charge in [-0.3, -0.25) is 14.3 Å². The summed E-state index contributed by atoms with van der Waals surface area (Å²) in [6.45, 7) is 0. The van der Waals surface area contributed by atoms with E-state index in [-0.39, 0.29) is 21.4 Å². The van der Waals surface area contributed by atoms with Gasteiger partial charge in [0.05, 0.1) is 10.6 Å². The average Bonchev–Trinajstić information content (AvgIpc) is 3.13. The van der Waals surface area contributed by atoms with E-state index in [1.165, 1.54) is 36.5 Å². The van der Waals surface area contributed by atoms with Gasteiger partial charge < -0.3 is 10.1 Å². The smallest absolute Gasteiger partial charge is 0.283 e. The highest BCUT2D eigenvalue weighted by atomic mass is 35.5. The maximum Gasteiger partial charge on any atom is 0.283 e. The minimum atomic E-state index is -3.87. The van der Waals surface area contributed by atoms with Crippen LogP contribution < -0.4 is 19.7 Å². The number of hydrogen-bond acceptors (Lipinski definition) is 7. The summed E-state index contributed by atoms with van der Waals surface area (Å²) in [6, 6.07) is 26.1. The Bertz CT molecular complexity index is 1630.